The first-order valence-corrected chi connectivity index (χ1v) is 7.69. The Balaban J connectivity index is 2.81. The third-order valence-electron chi connectivity index (χ3n) is 2.61. The van der Waals surface area contributed by atoms with Crippen molar-refractivity contribution in [3.63, 3.8) is 0 Å². The van der Waals surface area contributed by atoms with Crippen molar-refractivity contribution >= 4 is 9.84 Å². The molecule has 0 bridgehead atoms. The number of hydrogen-bond donors (Lipinski definition) is 0. The van der Waals surface area contributed by atoms with Crippen LogP contribution in [0.1, 0.15) is 37.3 Å². The van der Waals surface area contributed by atoms with Gasteiger partial charge in [0.1, 0.15) is 5.82 Å². The smallest absolute Gasteiger partial charge is 0.154 e. The quantitative estimate of drug-likeness (QED) is 0.746. The van der Waals surface area contributed by atoms with Crippen LogP contribution in [0.3, 0.4) is 0 Å². The third kappa shape index (κ3) is 4.46. The van der Waals surface area contributed by atoms with Gasteiger partial charge in [0, 0.05) is 5.56 Å². The highest BCUT2D eigenvalue weighted by molar-refractivity contribution is 7.90. The van der Waals surface area contributed by atoms with Crippen LogP contribution in [-0.2, 0) is 15.6 Å². The molecule has 0 aliphatic heterocycles. The van der Waals surface area contributed by atoms with E-state index in [1.165, 1.54) is 12.1 Å². The Morgan fingerprint density at radius 2 is 2.06 bits per heavy atom. The van der Waals surface area contributed by atoms with Crippen LogP contribution in [0, 0.1) is 17.1 Å². The standard InChI is InChI=1S/C13H16FNO2S/c1-2-3-4-7-18(16,17)10-12-8-11(9-15)5-6-13(12)14/h5-6,8H,2-4,7,10H2,1H3. The van der Waals surface area contributed by atoms with Crippen molar-refractivity contribution in [1.82, 2.24) is 0 Å². The van der Waals surface area contributed by atoms with E-state index in [4.69, 9.17) is 5.26 Å². The summed E-state index contributed by atoms with van der Waals surface area (Å²) in [7, 11) is -3.30. The molecule has 3 nitrogen and oxygen atoms in total. The van der Waals surface area contributed by atoms with Crippen LogP contribution in [0.5, 0.6) is 0 Å². The van der Waals surface area contributed by atoms with Gasteiger partial charge in [-0.25, -0.2) is 12.8 Å². The van der Waals surface area contributed by atoms with Gasteiger partial charge in [-0.3, -0.25) is 0 Å². The minimum absolute atomic E-state index is 0.0665. The molecular weight excluding hydrogens is 253 g/mol. The Kier molecular flexibility index (Phi) is 5.29. The van der Waals surface area contributed by atoms with Crippen molar-refractivity contribution in [2.24, 2.45) is 0 Å². The summed E-state index contributed by atoms with van der Waals surface area (Å²) in [6, 6.07) is 5.64. The lowest BCUT2D eigenvalue weighted by atomic mass is 10.1. The van der Waals surface area contributed by atoms with Gasteiger partial charge >= 0.3 is 0 Å². The molecule has 0 amide bonds. The molecule has 0 saturated carbocycles. The molecule has 0 aliphatic carbocycles. The second-order valence-electron chi connectivity index (χ2n) is 4.22. The number of unbranched alkanes of at least 4 members (excludes halogenated alkanes) is 2. The Bertz CT molecular complexity index is 547. The molecule has 1 aromatic rings. The van der Waals surface area contributed by atoms with Crippen molar-refractivity contribution < 1.29 is 12.8 Å². The molecule has 0 aromatic heterocycles. The Labute approximate surface area is 107 Å². The van der Waals surface area contributed by atoms with Gasteiger partial charge in [0.05, 0.1) is 23.1 Å². The van der Waals surface area contributed by atoms with E-state index in [-0.39, 0.29) is 22.6 Å². The number of benzene rings is 1. The SMILES string of the molecule is CCCCCS(=O)(=O)Cc1cc(C#N)ccc1F. The molecule has 0 radical (unpaired) electrons. The molecule has 1 rings (SSSR count). The first-order chi connectivity index (χ1) is 8.48. The summed E-state index contributed by atoms with van der Waals surface area (Å²) in [4.78, 5) is 0. The van der Waals surface area contributed by atoms with Gasteiger partial charge in [-0.2, -0.15) is 5.26 Å². The largest absolute Gasteiger partial charge is 0.228 e. The van der Waals surface area contributed by atoms with Gasteiger partial charge in [-0.05, 0) is 24.6 Å². The topological polar surface area (TPSA) is 57.9 Å². The van der Waals surface area contributed by atoms with Crippen LogP contribution in [0.2, 0.25) is 0 Å². The summed E-state index contributed by atoms with van der Waals surface area (Å²) in [5.41, 5.74) is 0.348. The molecule has 0 aliphatic rings. The van der Waals surface area contributed by atoms with Gasteiger partial charge < -0.3 is 0 Å². The molecular formula is C13H16FNO2S. The third-order valence-corrected chi connectivity index (χ3v) is 4.27. The van der Waals surface area contributed by atoms with Crippen molar-refractivity contribution in [1.29, 1.82) is 5.26 Å². The summed E-state index contributed by atoms with van der Waals surface area (Å²) >= 11 is 0. The summed E-state index contributed by atoms with van der Waals surface area (Å²) < 4.78 is 37.0. The fourth-order valence-corrected chi connectivity index (χ4v) is 3.12. The average Bonchev–Trinajstić information content (AvgIpc) is 2.32. The molecule has 98 valence electrons. The first-order valence-electron chi connectivity index (χ1n) is 5.87. The second-order valence-corrected chi connectivity index (χ2v) is 6.40. The van der Waals surface area contributed by atoms with E-state index in [9.17, 15) is 12.8 Å². The normalized spacial score (nSPS) is 11.2. The number of nitriles is 1. The fourth-order valence-electron chi connectivity index (χ4n) is 1.64. The molecule has 0 saturated heterocycles. The fraction of sp³-hybridized carbons (Fsp3) is 0.462. The van der Waals surface area contributed by atoms with E-state index in [0.717, 1.165) is 18.9 Å². The Morgan fingerprint density at radius 1 is 1.33 bits per heavy atom. The number of nitrogens with zero attached hydrogens (tertiary/aromatic N) is 1. The Morgan fingerprint density at radius 3 is 2.67 bits per heavy atom. The number of sulfone groups is 1. The molecule has 0 atom stereocenters. The van der Waals surface area contributed by atoms with E-state index in [1.54, 1.807) is 0 Å². The molecule has 0 fully saturated rings. The number of rotatable bonds is 6. The minimum atomic E-state index is -3.30. The summed E-state index contributed by atoms with van der Waals surface area (Å²) in [5, 5.41) is 8.70. The van der Waals surface area contributed by atoms with Crippen LogP contribution in [0.25, 0.3) is 0 Å². The minimum Gasteiger partial charge on any atom is -0.228 e. The molecule has 0 heterocycles. The van der Waals surface area contributed by atoms with E-state index >= 15 is 0 Å². The van der Waals surface area contributed by atoms with Crippen LogP contribution in [0.15, 0.2) is 18.2 Å². The molecule has 0 N–H and O–H groups in total. The molecule has 5 heteroatoms. The van der Waals surface area contributed by atoms with E-state index in [2.05, 4.69) is 0 Å². The molecule has 18 heavy (non-hydrogen) atoms. The lowest BCUT2D eigenvalue weighted by Gasteiger charge is -2.05. The van der Waals surface area contributed by atoms with Gasteiger partial charge in [-0.1, -0.05) is 19.8 Å². The van der Waals surface area contributed by atoms with Crippen molar-refractivity contribution in [3.05, 3.63) is 35.1 Å². The van der Waals surface area contributed by atoms with Gasteiger partial charge in [-0.15, -0.1) is 0 Å². The van der Waals surface area contributed by atoms with Crippen molar-refractivity contribution in [2.45, 2.75) is 31.9 Å². The van der Waals surface area contributed by atoms with Crippen LogP contribution in [0.4, 0.5) is 4.39 Å². The predicted molar refractivity (Wildman–Crippen MR) is 68.1 cm³/mol. The maximum Gasteiger partial charge on any atom is 0.154 e. The maximum atomic E-state index is 13.5. The second kappa shape index (κ2) is 6.50. The van der Waals surface area contributed by atoms with Crippen molar-refractivity contribution in [3.8, 4) is 6.07 Å². The molecule has 0 spiro atoms. The average molecular weight is 269 g/mol. The monoisotopic (exact) mass is 269 g/mol. The van der Waals surface area contributed by atoms with Crippen LogP contribution >= 0.6 is 0 Å². The van der Waals surface area contributed by atoms with E-state index in [1.807, 2.05) is 13.0 Å². The summed E-state index contributed by atoms with van der Waals surface area (Å²) in [5.74, 6) is -0.845. The van der Waals surface area contributed by atoms with Crippen molar-refractivity contribution in [2.75, 3.05) is 5.75 Å². The highest BCUT2D eigenvalue weighted by Crippen LogP contribution is 2.15. The zero-order chi connectivity index (χ0) is 13.6. The van der Waals surface area contributed by atoms with Gasteiger partial charge in [0.2, 0.25) is 0 Å². The van der Waals surface area contributed by atoms with Gasteiger partial charge in [0.15, 0.2) is 9.84 Å². The first kappa shape index (κ1) is 14.7. The van der Waals surface area contributed by atoms with E-state index < -0.39 is 15.7 Å². The summed E-state index contributed by atoms with van der Waals surface area (Å²) in [6.45, 7) is 1.99. The predicted octanol–water partition coefficient (Wildman–Crippen LogP) is 2.80. The zero-order valence-electron chi connectivity index (χ0n) is 10.3. The summed E-state index contributed by atoms with van der Waals surface area (Å²) in [6.07, 6.45) is 2.38. The van der Waals surface area contributed by atoms with E-state index in [0.29, 0.717) is 6.42 Å². The lowest BCUT2D eigenvalue weighted by Crippen LogP contribution is -2.10. The molecule has 1 aromatic carbocycles. The lowest BCUT2D eigenvalue weighted by molar-refractivity contribution is 0.583. The highest BCUT2D eigenvalue weighted by Gasteiger charge is 2.15. The van der Waals surface area contributed by atoms with Crippen LogP contribution in [-0.4, -0.2) is 14.2 Å². The Hall–Kier alpha value is -1.41. The maximum absolute atomic E-state index is 13.5. The van der Waals surface area contributed by atoms with Crippen LogP contribution < -0.4 is 0 Å². The zero-order valence-corrected chi connectivity index (χ0v) is 11.1. The molecule has 0 unspecified atom stereocenters. The highest BCUT2D eigenvalue weighted by atomic mass is 32.2. The van der Waals surface area contributed by atoms with Gasteiger partial charge in [0.25, 0.3) is 0 Å². The number of hydrogen-bond acceptors (Lipinski definition) is 3. The number of halogens is 1.